The van der Waals surface area contributed by atoms with E-state index in [1.807, 2.05) is 56.3 Å². The maximum Gasteiger partial charge on any atom is 0.279 e. The van der Waals surface area contributed by atoms with Crippen LogP contribution >= 0.6 is 0 Å². The van der Waals surface area contributed by atoms with E-state index in [0.717, 1.165) is 18.4 Å². The Balaban J connectivity index is 1.43. The molecule has 0 bridgehead atoms. The molecule has 2 aromatic carbocycles. The summed E-state index contributed by atoms with van der Waals surface area (Å²) in [5, 5.41) is 3.24. The Bertz CT molecular complexity index is 1110. The molecule has 1 saturated heterocycles. The predicted octanol–water partition coefficient (Wildman–Crippen LogP) is 3.67. The summed E-state index contributed by atoms with van der Waals surface area (Å²) in [4.78, 5) is 13.2. The van der Waals surface area contributed by atoms with E-state index < -0.39 is 10.2 Å². The van der Waals surface area contributed by atoms with Crippen LogP contribution in [0, 0.1) is 5.92 Å². The molecule has 3 atom stereocenters. The van der Waals surface area contributed by atoms with Gasteiger partial charge in [0.25, 0.3) is 16.1 Å². The van der Waals surface area contributed by atoms with Crippen LogP contribution in [0.2, 0.25) is 0 Å². The van der Waals surface area contributed by atoms with Crippen LogP contribution in [0.3, 0.4) is 0 Å². The summed E-state index contributed by atoms with van der Waals surface area (Å²) < 4.78 is 41.6. The number of carbonyl (C=O) groups is 1. The van der Waals surface area contributed by atoms with E-state index >= 15 is 0 Å². The largest absolute Gasteiger partial charge is 0.496 e. The number of carbonyl (C=O) groups excluding carboxylic acids is 1. The topological polar surface area (TPSA) is 97.0 Å². The second kappa shape index (κ2) is 11.7. The van der Waals surface area contributed by atoms with Crippen LogP contribution in [0.1, 0.15) is 61.5 Å². The van der Waals surface area contributed by atoms with Gasteiger partial charge in [0.15, 0.2) is 0 Å². The summed E-state index contributed by atoms with van der Waals surface area (Å²) in [5.41, 5.74) is 1.54. The number of nitrogens with one attached hydrogen (secondary N) is 2. The third-order valence-corrected chi connectivity index (χ3v) is 8.69. The maximum atomic E-state index is 13.2. The van der Waals surface area contributed by atoms with Gasteiger partial charge in [-0.1, -0.05) is 42.5 Å². The molecule has 36 heavy (non-hydrogen) atoms. The van der Waals surface area contributed by atoms with Gasteiger partial charge >= 0.3 is 0 Å². The quantitative estimate of drug-likeness (QED) is 0.559. The van der Waals surface area contributed by atoms with E-state index in [4.69, 9.17) is 9.47 Å². The summed E-state index contributed by atoms with van der Waals surface area (Å²) in [6, 6.07) is 16.9. The number of amides is 1. The summed E-state index contributed by atoms with van der Waals surface area (Å²) >= 11 is 0. The van der Waals surface area contributed by atoms with Crippen LogP contribution in [0.25, 0.3) is 0 Å². The fraction of sp³-hybridized carbons (Fsp3) is 0.519. The van der Waals surface area contributed by atoms with Gasteiger partial charge in [0, 0.05) is 19.1 Å². The van der Waals surface area contributed by atoms with Crippen molar-refractivity contribution in [3.05, 3.63) is 65.7 Å². The first-order valence-electron chi connectivity index (χ1n) is 12.7. The molecule has 2 aromatic rings. The average Bonchev–Trinajstić information content (AvgIpc) is 2.87. The van der Waals surface area contributed by atoms with Gasteiger partial charge in [0.1, 0.15) is 5.75 Å². The first kappa shape index (κ1) is 26.6. The number of morpholine rings is 1. The highest BCUT2D eigenvalue weighted by molar-refractivity contribution is 7.87. The lowest BCUT2D eigenvalue weighted by Gasteiger charge is -2.37. The normalized spacial score (nSPS) is 26.2. The minimum absolute atomic E-state index is 0.124. The molecule has 0 spiro atoms. The summed E-state index contributed by atoms with van der Waals surface area (Å²) in [6.07, 6.45) is 2.78. The van der Waals surface area contributed by atoms with Crippen molar-refractivity contribution in [1.82, 2.24) is 14.3 Å². The first-order chi connectivity index (χ1) is 17.3. The fourth-order valence-corrected chi connectivity index (χ4v) is 6.99. The Morgan fingerprint density at radius 1 is 0.972 bits per heavy atom. The number of ether oxygens (including phenoxy) is 2. The van der Waals surface area contributed by atoms with E-state index in [1.54, 1.807) is 19.2 Å². The van der Waals surface area contributed by atoms with Crippen molar-refractivity contribution in [2.75, 3.05) is 20.2 Å². The van der Waals surface area contributed by atoms with Crippen molar-refractivity contribution in [2.45, 2.75) is 63.8 Å². The lowest BCUT2D eigenvalue weighted by Crippen LogP contribution is -2.54. The molecule has 1 aliphatic carbocycles. The SMILES string of the molecule is COc1ccccc1C(=O)NC(c1ccccc1)C1CCC(NS(=O)(=O)N2CC(C)OC(C)C2)CC1. The number of benzene rings is 2. The van der Waals surface area contributed by atoms with Gasteiger partial charge in [-0.25, -0.2) is 0 Å². The van der Waals surface area contributed by atoms with Crippen molar-refractivity contribution in [3.8, 4) is 5.75 Å². The van der Waals surface area contributed by atoms with Gasteiger partial charge in [0.2, 0.25) is 0 Å². The van der Waals surface area contributed by atoms with Gasteiger partial charge in [0.05, 0.1) is 30.9 Å². The van der Waals surface area contributed by atoms with Crippen molar-refractivity contribution in [1.29, 1.82) is 0 Å². The molecule has 2 aliphatic rings. The molecule has 196 valence electrons. The molecule has 9 heteroatoms. The van der Waals surface area contributed by atoms with Gasteiger partial charge in [-0.2, -0.15) is 17.4 Å². The van der Waals surface area contributed by atoms with Crippen LogP contribution in [0.15, 0.2) is 54.6 Å². The molecule has 1 aliphatic heterocycles. The Labute approximate surface area is 214 Å². The van der Waals surface area contributed by atoms with E-state index in [1.165, 1.54) is 4.31 Å². The van der Waals surface area contributed by atoms with Crippen LogP contribution < -0.4 is 14.8 Å². The van der Waals surface area contributed by atoms with E-state index in [2.05, 4.69) is 10.0 Å². The van der Waals surface area contributed by atoms with Crippen molar-refractivity contribution in [2.24, 2.45) is 5.92 Å². The van der Waals surface area contributed by atoms with E-state index in [0.29, 0.717) is 37.2 Å². The van der Waals surface area contributed by atoms with Gasteiger partial charge < -0.3 is 14.8 Å². The number of rotatable bonds is 8. The molecule has 2 N–H and O–H groups in total. The molecule has 8 nitrogen and oxygen atoms in total. The van der Waals surface area contributed by atoms with Gasteiger partial charge in [-0.3, -0.25) is 4.79 Å². The molecule has 4 rings (SSSR count). The Morgan fingerprint density at radius 3 is 2.22 bits per heavy atom. The molecular weight excluding hydrogens is 478 g/mol. The monoisotopic (exact) mass is 515 g/mol. The van der Waals surface area contributed by atoms with Crippen molar-refractivity contribution >= 4 is 16.1 Å². The highest BCUT2D eigenvalue weighted by atomic mass is 32.2. The number of methoxy groups -OCH3 is 1. The molecule has 1 heterocycles. The number of nitrogens with zero attached hydrogens (tertiary/aromatic N) is 1. The third kappa shape index (κ3) is 6.45. The standard InChI is InChI=1S/C27H37N3O5S/c1-19-17-30(18-20(2)35-19)36(32,33)29-23-15-13-22(14-16-23)26(21-9-5-4-6-10-21)28-27(31)24-11-7-8-12-25(24)34-3/h4-12,19-20,22-23,26,29H,13-18H2,1-3H3,(H,28,31). The minimum Gasteiger partial charge on any atom is -0.496 e. The van der Waals surface area contributed by atoms with Crippen molar-refractivity contribution < 1.29 is 22.7 Å². The minimum atomic E-state index is -3.58. The summed E-state index contributed by atoms with van der Waals surface area (Å²) in [5.74, 6) is 0.543. The third-order valence-electron chi connectivity index (χ3n) is 7.08. The first-order valence-corrected chi connectivity index (χ1v) is 14.1. The molecule has 0 radical (unpaired) electrons. The Hall–Kier alpha value is -2.46. The lowest BCUT2D eigenvalue weighted by atomic mass is 9.79. The number of para-hydroxylation sites is 1. The maximum absolute atomic E-state index is 13.2. The highest BCUT2D eigenvalue weighted by Gasteiger charge is 2.35. The van der Waals surface area contributed by atoms with Gasteiger partial charge in [-0.05, 0) is 63.1 Å². The van der Waals surface area contributed by atoms with Gasteiger partial charge in [-0.15, -0.1) is 0 Å². The zero-order chi connectivity index (χ0) is 25.7. The van der Waals surface area contributed by atoms with Crippen LogP contribution in [-0.4, -0.2) is 57.1 Å². The zero-order valence-electron chi connectivity index (χ0n) is 21.2. The molecule has 0 aromatic heterocycles. The highest BCUT2D eigenvalue weighted by Crippen LogP contribution is 2.35. The lowest BCUT2D eigenvalue weighted by molar-refractivity contribution is -0.0445. The predicted molar refractivity (Wildman–Crippen MR) is 139 cm³/mol. The zero-order valence-corrected chi connectivity index (χ0v) is 22.0. The summed E-state index contributed by atoms with van der Waals surface area (Å²) in [7, 11) is -2.02. The second-order valence-electron chi connectivity index (χ2n) is 9.87. The Morgan fingerprint density at radius 2 is 1.58 bits per heavy atom. The van der Waals surface area contributed by atoms with Crippen LogP contribution in [0.4, 0.5) is 0 Å². The molecule has 2 fully saturated rings. The Kier molecular flexibility index (Phi) is 8.66. The fourth-order valence-electron chi connectivity index (χ4n) is 5.37. The van der Waals surface area contributed by atoms with E-state index in [-0.39, 0.29) is 36.1 Å². The average molecular weight is 516 g/mol. The van der Waals surface area contributed by atoms with Crippen molar-refractivity contribution in [3.63, 3.8) is 0 Å². The molecule has 3 unspecified atom stereocenters. The van der Waals surface area contributed by atoms with Crippen LogP contribution in [-0.2, 0) is 14.9 Å². The van der Waals surface area contributed by atoms with Crippen LogP contribution in [0.5, 0.6) is 5.75 Å². The van der Waals surface area contributed by atoms with E-state index in [9.17, 15) is 13.2 Å². The smallest absolute Gasteiger partial charge is 0.279 e. The molecular formula is C27H37N3O5S. The number of hydrogen-bond acceptors (Lipinski definition) is 5. The second-order valence-corrected chi connectivity index (χ2v) is 11.6. The molecule has 1 amide bonds. The summed E-state index contributed by atoms with van der Waals surface area (Å²) in [6.45, 7) is 4.51. The molecule has 1 saturated carbocycles. The number of hydrogen-bond donors (Lipinski definition) is 2.